The van der Waals surface area contributed by atoms with Crippen LogP contribution in [-0.2, 0) is 4.79 Å². The van der Waals surface area contributed by atoms with Gasteiger partial charge < -0.3 is 19.5 Å². The van der Waals surface area contributed by atoms with Crippen LogP contribution < -0.4 is 19.5 Å². The van der Waals surface area contributed by atoms with Crippen molar-refractivity contribution in [3.8, 4) is 28.1 Å². The molecule has 32 heavy (non-hydrogen) atoms. The Morgan fingerprint density at radius 1 is 1.03 bits per heavy atom. The van der Waals surface area contributed by atoms with Gasteiger partial charge >= 0.3 is 0 Å². The highest BCUT2D eigenvalue weighted by Crippen LogP contribution is 2.30. The molecule has 0 unspecified atom stereocenters. The fourth-order valence-corrected chi connectivity index (χ4v) is 3.84. The highest BCUT2D eigenvalue weighted by Gasteiger charge is 2.16. The lowest BCUT2D eigenvalue weighted by Gasteiger charge is -2.10. The Hall–Kier alpha value is -4.12. The molecule has 0 atom stereocenters. The van der Waals surface area contributed by atoms with Gasteiger partial charge in [-0.2, -0.15) is 5.10 Å². The molecule has 11 heteroatoms. The number of para-hydroxylation sites is 1. The Labute approximate surface area is 186 Å². The molecule has 5 rings (SSSR count). The van der Waals surface area contributed by atoms with Crippen LogP contribution in [0.3, 0.4) is 0 Å². The van der Waals surface area contributed by atoms with Crippen molar-refractivity contribution in [1.82, 2.24) is 24.2 Å². The number of anilines is 1. The Morgan fingerprint density at radius 3 is 2.62 bits per heavy atom. The Balaban J connectivity index is 1.42. The minimum absolute atomic E-state index is 0.165. The molecule has 1 amide bonds. The highest BCUT2D eigenvalue weighted by atomic mass is 32.1. The topological polar surface area (TPSA) is 104 Å². The zero-order chi connectivity index (χ0) is 22.1. The summed E-state index contributed by atoms with van der Waals surface area (Å²) in [5.41, 5.74) is 2.67. The maximum atomic E-state index is 12.3. The summed E-state index contributed by atoms with van der Waals surface area (Å²) in [6.07, 6.45) is 3.51. The summed E-state index contributed by atoms with van der Waals surface area (Å²) < 4.78 is 19.6. The fourth-order valence-electron chi connectivity index (χ4n) is 3.14. The number of nitrogens with zero attached hydrogens (tertiary/aromatic N) is 5. The van der Waals surface area contributed by atoms with E-state index in [2.05, 4.69) is 20.5 Å². The zero-order valence-corrected chi connectivity index (χ0v) is 18.0. The number of amides is 1. The predicted octanol–water partition coefficient (Wildman–Crippen LogP) is 3.14. The molecule has 0 spiro atoms. The van der Waals surface area contributed by atoms with Gasteiger partial charge in [0.2, 0.25) is 4.96 Å². The number of rotatable bonds is 7. The Bertz CT molecular complexity index is 1380. The van der Waals surface area contributed by atoms with Crippen molar-refractivity contribution < 1.29 is 19.0 Å². The summed E-state index contributed by atoms with van der Waals surface area (Å²) in [5.74, 6) is 0.737. The molecule has 0 bridgehead atoms. The Kier molecular flexibility index (Phi) is 5.07. The van der Waals surface area contributed by atoms with Crippen molar-refractivity contribution in [2.45, 2.75) is 0 Å². The molecule has 4 aromatic heterocycles. The molecular weight excluding hydrogens is 432 g/mol. The maximum Gasteiger partial charge on any atom is 0.294 e. The first-order valence-corrected chi connectivity index (χ1v) is 10.4. The number of pyridine rings is 1. The average Bonchev–Trinajstić information content (AvgIpc) is 3.50. The smallest absolute Gasteiger partial charge is 0.294 e. The molecule has 1 N–H and O–H groups in total. The van der Waals surface area contributed by atoms with E-state index in [0.29, 0.717) is 44.2 Å². The number of nitrogens with one attached hydrogen (secondary N) is 1. The third-order valence-corrected chi connectivity index (χ3v) is 5.51. The van der Waals surface area contributed by atoms with E-state index in [0.717, 1.165) is 0 Å². The predicted molar refractivity (Wildman–Crippen MR) is 119 cm³/mol. The van der Waals surface area contributed by atoms with Crippen LogP contribution in [0.5, 0.6) is 16.7 Å². The van der Waals surface area contributed by atoms with Gasteiger partial charge in [0.15, 0.2) is 6.61 Å². The summed E-state index contributed by atoms with van der Waals surface area (Å²) in [7, 11) is 3.12. The molecule has 0 aliphatic rings. The number of fused-ring (bicyclic) bond motifs is 2. The zero-order valence-electron chi connectivity index (χ0n) is 17.2. The van der Waals surface area contributed by atoms with Crippen molar-refractivity contribution in [3.63, 3.8) is 0 Å². The number of aromatic nitrogens is 5. The molecule has 0 radical (unpaired) electrons. The summed E-state index contributed by atoms with van der Waals surface area (Å²) in [6.45, 7) is -0.165. The van der Waals surface area contributed by atoms with Crippen molar-refractivity contribution >= 4 is 33.4 Å². The van der Waals surface area contributed by atoms with Crippen molar-refractivity contribution in [2.24, 2.45) is 0 Å². The fraction of sp³-hybridized carbons (Fsp3) is 0.143. The van der Waals surface area contributed by atoms with Crippen LogP contribution >= 0.6 is 11.3 Å². The van der Waals surface area contributed by atoms with Gasteiger partial charge in [-0.3, -0.25) is 4.79 Å². The molecule has 0 aliphatic carbocycles. The van der Waals surface area contributed by atoms with E-state index in [-0.39, 0.29) is 12.5 Å². The lowest BCUT2D eigenvalue weighted by atomic mass is 10.3. The normalized spacial score (nSPS) is 11.1. The van der Waals surface area contributed by atoms with E-state index in [1.165, 1.54) is 11.3 Å². The number of methoxy groups -OCH3 is 2. The second-order valence-electron chi connectivity index (χ2n) is 6.73. The van der Waals surface area contributed by atoms with E-state index in [1.807, 2.05) is 36.4 Å². The van der Waals surface area contributed by atoms with Crippen molar-refractivity contribution in [2.75, 3.05) is 26.1 Å². The van der Waals surface area contributed by atoms with E-state index in [9.17, 15) is 4.79 Å². The minimum Gasteiger partial charge on any atom is -0.495 e. The maximum absolute atomic E-state index is 12.3. The number of imidazole rings is 1. The SMILES string of the molecule is COc1cc(OCC(=O)Nc2ccccc2)c2cc(-c3cn4nc(OC)sc4n3)nn2c1. The van der Waals surface area contributed by atoms with Crippen molar-refractivity contribution in [1.29, 1.82) is 0 Å². The average molecular weight is 450 g/mol. The molecule has 5 aromatic rings. The van der Waals surface area contributed by atoms with Crippen LogP contribution in [0.15, 0.2) is 54.9 Å². The van der Waals surface area contributed by atoms with E-state index in [1.54, 1.807) is 41.7 Å². The highest BCUT2D eigenvalue weighted by molar-refractivity contribution is 7.18. The number of hydrogen-bond donors (Lipinski definition) is 1. The van der Waals surface area contributed by atoms with Crippen LogP contribution in [0, 0.1) is 0 Å². The largest absolute Gasteiger partial charge is 0.495 e. The number of benzene rings is 1. The minimum atomic E-state index is -0.272. The molecule has 0 aliphatic heterocycles. The first kappa shape index (κ1) is 19.8. The monoisotopic (exact) mass is 450 g/mol. The van der Waals surface area contributed by atoms with Gasteiger partial charge in [0.1, 0.15) is 28.4 Å². The Morgan fingerprint density at radius 2 is 1.88 bits per heavy atom. The summed E-state index contributed by atoms with van der Waals surface area (Å²) in [5, 5.41) is 12.2. The molecule has 10 nitrogen and oxygen atoms in total. The van der Waals surface area contributed by atoms with E-state index >= 15 is 0 Å². The second kappa shape index (κ2) is 8.19. The first-order chi connectivity index (χ1) is 15.6. The second-order valence-corrected chi connectivity index (χ2v) is 7.65. The van der Waals surface area contributed by atoms with Crippen LogP contribution in [0.1, 0.15) is 0 Å². The number of carbonyl (C=O) groups is 1. The summed E-state index contributed by atoms with van der Waals surface area (Å²) in [4.78, 5) is 17.6. The molecule has 0 fully saturated rings. The molecule has 0 saturated heterocycles. The first-order valence-electron chi connectivity index (χ1n) is 9.58. The van der Waals surface area contributed by atoms with Crippen LogP contribution in [-0.4, -0.2) is 50.9 Å². The van der Waals surface area contributed by atoms with Crippen LogP contribution in [0.2, 0.25) is 0 Å². The molecule has 162 valence electrons. The van der Waals surface area contributed by atoms with Gasteiger partial charge in [0.05, 0.1) is 26.6 Å². The van der Waals surface area contributed by atoms with Crippen LogP contribution in [0.25, 0.3) is 21.9 Å². The quantitative estimate of drug-likeness (QED) is 0.406. The number of carbonyl (C=O) groups excluding carboxylic acids is 1. The van der Waals surface area contributed by atoms with E-state index in [4.69, 9.17) is 14.2 Å². The summed E-state index contributed by atoms with van der Waals surface area (Å²) >= 11 is 1.34. The van der Waals surface area contributed by atoms with Crippen LogP contribution in [0.4, 0.5) is 5.69 Å². The molecule has 4 heterocycles. The van der Waals surface area contributed by atoms with Gasteiger partial charge in [0, 0.05) is 11.8 Å². The lowest BCUT2D eigenvalue weighted by Crippen LogP contribution is -2.20. The van der Waals surface area contributed by atoms with Crippen molar-refractivity contribution in [3.05, 3.63) is 54.9 Å². The number of hydrogen-bond acceptors (Lipinski definition) is 8. The molecule has 0 saturated carbocycles. The molecule has 1 aromatic carbocycles. The van der Waals surface area contributed by atoms with E-state index < -0.39 is 0 Å². The lowest BCUT2D eigenvalue weighted by molar-refractivity contribution is -0.118. The standard InChI is InChI=1S/C21H18N6O4S/c1-29-14-8-18(31-12-19(28)22-13-6-4-3-5-7-13)17-9-15(24-26(17)10-14)16-11-27-20(23-16)32-21(25-27)30-2/h3-11H,12H2,1-2H3,(H,22,28). The van der Waals surface area contributed by atoms with Gasteiger partial charge in [-0.1, -0.05) is 18.2 Å². The third-order valence-electron chi connectivity index (χ3n) is 4.62. The van der Waals surface area contributed by atoms with Gasteiger partial charge in [-0.15, -0.1) is 5.10 Å². The van der Waals surface area contributed by atoms with Gasteiger partial charge in [-0.25, -0.2) is 14.0 Å². The number of ether oxygens (including phenoxy) is 3. The summed E-state index contributed by atoms with van der Waals surface area (Å²) in [6, 6.07) is 12.8. The third kappa shape index (κ3) is 3.81. The molecular formula is C21H18N6O4S. The van der Waals surface area contributed by atoms with Gasteiger partial charge in [-0.05, 0) is 29.5 Å². The van der Waals surface area contributed by atoms with Gasteiger partial charge in [0.25, 0.3) is 11.1 Å².